The first-order chi connectivity index (χ1) is 10.0. The van der Waals surface area contributed by atoms with Crippen LogP contribution in [0.5, 0.6) is 5.88 Å². The van der Waals surface area contributed by atoms with E-state index in [9.17, 15) is 5.11 Å². The minimum absolute atomic E-state index is 0.0602. The van der Waals surface area contributed by atoms with Crippen molar-refractivity contribution in [1.29, 1.82) is 0 Å². The molecule has 2 N–H and O–H groups in total. The van der Waals surface area contributed by atoms with Gasteiger partial charge in [-0.1, -0.05) is 39.1 Å². The van der Waals surface area contributed by atoms with E-state index in [-0.39, 0.29) is 5.88 Å². The van der Waals surface area contributed by atoms with Crippen LogP contribution < -0.4 is 0 Å². The number of H-pyrrole nitrogens is 1. The van der Waals surface area contributed by atoms with E-state index in [0.717, 1.165) is 15.4 Å². The molecule has 0 saturated heterocycles. The first kappa shape index (κ1) is 14.4. The summed E-state index contributed by atoms with van der Waals surface area (Å²) in [4.78, 5) is 7.21. The second-order valence-corrected chi connectivity index (χ2v) is 6.19. The molecule has 21 heavy (non-hydrogen) atoms. The lowest BCUT2D eigenvalue weighted by molar-refractivity contribution is 0.457. The van der Waals surface area contributed by atoms with Crippen molar-refractivity contribution in [2.24, 2.45) is 4.99 Å². The normalized spacial score (nSPS) is 11.6. The van der Waals surface area contributed by atoms with E-state index in [1.165, 1.54) is 0 Å². The van der Waals surface area contributed by atoms with Crippen LogP contribution in [0.3, 0.4) is 0 Å². The van der Waals surface area contributed by atoms with E-state index in [1.807, 2.05) is 18.2 Å². The van der Waals surface area contributed by atoms with E-state index in [1.54, 1.807) is 24.4 Å². The van der Waals surface area contributed by atoms with Crippen LogP contribution in [0.1, 0.15) is 5.56 Å². The number of aliphatic imine (C=N–C) groups is 1. The van der Waals surface area contributed by atoms with Crippen molar-refractivity contribution in [2.75, 3.05) is 0 Å². The molecule has 0 saturated carbocycles. The minimum atomic E-state index is 0.0602. The number of hydrogen-bond acceptors (Lipinski definition) is 2. The lowest BCUT2D eigenvalue weighted by Gasteiger charge is -1.99. The molecule has 3 rings (SSSR count). The van der Waals surface area contributed by atoms with Crippen LogP contribution in [0.4, 0.5) is 5.69 Å². The van der Waals surface area contributed by atoms with Gasteiger partial charge in [0.1, 0.15) is 0 Å². The Balaban J connectivity index is 2.09. The lowest BCUT2D eigenvalue weighted by Crippen LogP contribution is -1.80. The topological polar surface area (TPSA) is 48.4 Å². The summed E-state index contributed by atoms with van der Waals surface area (Å²) in [5.74, 6) is 0.0602. The first-order valence-corrected chi connectivity index (χ1v) is 7.59. The number of halogens is 3. The zero-order valence-electron chi connectivity index (χ0n) is 10.6. The summed E-state index contributed by atoms with van der Waals surface area (Å²) in [6, 6.07) is 10.7. The average Bonchev–Trinajstić information content (AvgIpc) is 2.75. The summed E-state index contributed by atoms with van der Waals surface area (Å²) in [6.45, 7) is 0. The van der Waals surface area contributed by atoms with Gasteiger partial charge >= 0.3 is 0 Å². The number of aromatic nitrogens is 1. The number of aromatic hydroxyl groups is 1. The predicted octanol–water partition coefficient (Wildman–Crippen LogP) is 5.69. The van der Waals surface area contributed by atoms with E-state index >= 15 is 0 Å². The molecule has 2 aromatic carbocycles. The monoisotopic (exact) mass is 382 g/mol. The third-order valence-corrected chi connectivity index (χ3v) is 4.07. The molecule has 0 aliphatic heterocycles. The van der Waals surface area contributed by atoms with E-state index < -0.39 is 0 Å². The van der Waals surface area contributed by atoms with Gasteiger partial charge in [-0.25, -0.2) is 0 Å². The average molecular weight is 384 g/mol. The van der Waals surface area contributed by atoms with Crippen LogP contribution in [-0.4, -0.2) is 16.3 Å². The standard InChI is InChI=1S/C15H9BrCl2N2O/c16-8-1-4-13-10(5-8)11(15(21)20-13)7-19-14-6-9(17)2-3-12(14)18/h1-7,20-21H. The number of rotatable bonds is 2. The van der Waals surface area contributed by atoms with Gasteiger partial charge in [0.05, 0.1) is 16.3 Å². The quantitative estimate of drug-likeness (QED) is 0.548. The van der Waals surface area contributed by atoms with Gasteiger partial charge in [0.25, 0.3) is 0 Å². The fourth-order valence-corrected chi connectivity index (χ4v) is 2.71. The van der Waals surface area contributed by atoms with Crippen LogP contribution in [0.2, 0.25) is 10.0 Å². The predicted molar refractivity (Wildman–Crippen MR) is 91.4 cm³/mol. The first-order valence-electron chi connectivity index (χ1n) is 6.04. The fraction of sp³-hybridized carbons (Fsp3) is 0. The smallest absolute Gasteiger partial charge is 0.198 e. The molecule has 0 unspecified atom stereocenters. The van der Waals surface area contributed by atoms with Crippen molar-refractivity contribution >= 4 is 61.9 Å². The molecule has 3 aromatic rings. The highest BCUT2D eigenvalue weighted by atomic mass is 79.9. The van der Waals surface area contributed by atoms with Crippen LogP contribution in [0.15, 0.2) is 45.9 Å². The number of benzene rings is 2. The van der Waals surface area contributed by atoms with Gasteiger partial charge in [0, 0.05) is 26.6 Å². The zero-order valence-corrected chi connectivity index (χ0v) is 13.7. The molecule has 1 heterocycles. The molecule has 0 bridgehead atoms. The third kappa shape index (κ3) is 2.93. The van der Waals surface area contributed by atoms with Gasteiger partial charge in [-0.2, -0.15) is 0 Å². The fourth-order valence-electron chi connectivity index (χ4n) is 2.02. The van der Waals surface area contributed by atoms with E-state index in [0.29, 0.717) is 21.3 Å². The maximum atomic E-state index is 10.0. The summed E-state index contributed by atoms with van der Waals surface area (Å²) in [7, 11) is 0. The van der Waals surface area contributed by atoms with Crippen molar-refractivity contribution in [2.45, 2.75) is 0 Å². The molecule has 3 nitrogen and oxygen atoms in total. The Morgan fingerprint density at radius 3 is 2.76 bits per heavy atom. The van der Waals surface area contributed by atoms with Crippen molar-refractivity contribution in [3.8, 4) is 5.88 Å². The van der Waals surface area contributed by atoms with Crippen LogP contribution in [-0.2, 0) is 0 Å². The molecule has 0 atom stereocenters. The Morgan fingerprint density at radius 2 is 1.95 bits per heavy atom. The second kappa shape index (κ2) is 5.72. The largest absolute Gasteiger partial charge is 0.494 e. The van der Waals surface area contributed by atoms with Crippen molar-refractivity contribution in [1.82, 2.24) is 4.98 Å². The lowest BCUT2D eigenvalue weighted by atomic mass is 10.2. The number of aromatic amines is 1. The highest BCUT2D eigenvalue weighted by molar-refractivity contribution is 9.10. The number of nitrogens with one attached hydrogen (secondary N) is 1. The molecule has 6 heteroatoms. The zero-order chi connectivity index (χ0) is 15.0. The van der Waals surface area contributed by atoms with Crippen molar-refractivity contribution < 1.29 is 5.11 Å². The number of hydrogen-bond donors (Lipinski definition) is 2. The summed E-state index contributed by atoms with van der Waals surface area (Å²) in [5.41, 5.74) is 1.98. The Labute approximate surface area is 139 Å². The Morgan fingerprint density at radius 1 is 1.14 bits per heavy atom. The minimum Gasteiger partial charge on any atom is -0.494 e. The summed E-state index contributed by atoms with van der Waals surface area (Å²) in [5, 5.41) is 11.9. The Hall–Kier alpha value is -1.49. The molecule has 0 aliphatic rings. The van der Waals surface area contributed by atoms with Gasteiger partial charge in [0.15, 0.2) is 5.88 Å². The number of fused-ring (bicyclic) bond motifs is 1. The van der Waals surface area contributed by atoms with Gasteiger partial charge in [-0.3, -0.25) is 4.99 Å². The molecule has 0 aliphatic carbocycles. The molecule has 0 fully saturated rings. The molecule has 106 valence electrons. The maximum Gasteiger partial charge on any atom is 0.198 e. The van der Waals surface area contributed by atoms with Gasteiger partial charge < -0.3 is 10.1 Å². The van der Waals surface area contributed by atoms with Crippen LogP contribution in [0.25, 0.3) is 10.9 Å². The van der Waals surface area contributed by atoms with E-state index in [2.05, 4.69) is 25.9 Å². The Bertz CT molecular complexity index is 858. The highest BCUT2D eigenvalue weighted by Gasteiger charge is 2.09. The van der Waals surface area contributed by atoms with Crippen LogP contribution >= 0.6 is 39.1 Å². The molecule has 0 amide bonds. The van der Waals surface area contributed by atoms with Gasteiger partial charge in [0.2, 0.25) is 0 Å². The summed E-state index contributed by atoms with van der Waals surface area (Å²) in [6.07, 6.45) is 1.57. The molecular formula is C15H9BrCl2N2O. The molecule has 1 aromatic heterocycles. The summed E-state index contributed by atoms with van der Waals surface area (Å²) < 4.78 is 0.921. The Kier molecular flexibility index (Phi) is 3.93. The SMILES string of the molecule is Oc1[nH]c2ccc(Br)cc2c1C=Nc1cc(Cl)ccc1Cl. The van der Waals surface area contributed by atoms with Crippen LogP contribution in [0, 0.1) is 0 Å². The highest BCUT2D eigenvalue weighted by Crippen LogP contribution is 2.31. The van der Waals surface area contributed by atoms with Crippen molar-refractivity contribution in [3.63, 3.8) is 0 Å². The van der Waals surface area contributed by atoms with Crippen molar-refractivity contribution in [3.05, 3.63) is 56.5 Å². The molecular weight excluding hydrogens is 375 g/mol. The number of nitrogens with zero attached hydrogens (tertiary/aromatic N) is 1. The maximum absolute atomic E-state index is 10.0. The molecule has 0 spiro atoms. The summed E-state index contributed by atoms with van der Waals surface area (Å²) >= 11 is 15.4. The van der Waals surface area contributed by atoms with E-state index in [4.69, 9.17) is 23.2 Å². The van der Waals surface area contributed by atoms with Gasteiger partial charge in [-0.05, 0) is 36.4 Å². The third-order valence-electron chi connectivity index (χ3n) is 3.02. The molecule has 0 radical (unpaired) electrons. The van der Waals surface area contributed by atoms with Gasteiger partial charge in [-0.15, -0.1) is 0 Å². The second-order valence-electron chi connectivity index (χ2n) is 4.43.